The molecule has 0 amide bonds. The monoisotopic (exact) mass is 524 g/mol. The SMILES string of the molecule is Cc1cc(C)c2cc(CN(CCc3ccccc3)S(=O)(=O)c3ccc(Br)cc3)c(=O)[nH]c2c1. The molecular weight excluding hydrogens is 500 g/mol. The van der Waals surface area contributed by atoms with E-state index in [1.165, 1.54) is 4.31 Å². The van der Waals surface area contributed by atoms with Crippen molar-refractivity contribution in [2.75, 3.05) is 6.54 Å². The first kappa shape index (κ1) is 23.4. The molecule has 4 rings (SSSR count). The third kappa shape index (κ3) is 5.27. The Morgan fingerprint density at radius 1 is 0.939 bits per heavy atom. The van der Waals surface area contributed by atoms with E-state index >= 15 is 0 Å². The minimum Gasteiger partial charge on any atom is -0.322 e. The Balaban J connectivity index is 1.73. The third-order valence-corrected chi connectivity index (χ3v) is 8.07. The van der Waals surface area contributed by atoms with Gasteiger partial charge in [0.15, 0.2) is 0 Å². The highest BCUT2D eigenvalue weighted by Crippen LogP contribution is 2.23. The van der Waals surface area contributed by atoms with Gasteiger partial charge in [-0.25, -0.2) is 8.42 Å². The van der Waals surface area contributed by atoms with Crippen molar-refractivity contribution in [2.45, 2.75) is 31.7 Å². The zero-order chi connectivity index (χ0) is 23.6. The Hall–Kier alpha value is -2.74. The Morgan fingerprint density at radius 2 is 1.64 bits per heavy atom. The van der Waals surface area contributed by atoms with E-state index in [1.54, 1.807) is 24.3 Å². The molecule has 0 unspecified atom stereocenters. The topological polar surface area (TPSA) is 70.2 Å². The highest BCUT2D eigenvalue weighted by molar-refractivity contribution is 9.10. The maximum atomic E-state index is 13.6. The van der Waals surface area contributed by atoms with Crippen molar-refractivity contribution in [1.82, 2.24) is 9.29 Å². The number of benzene rings is 3. The van der Waals surface area contributed by atoms with Gasteiger partial charge in [-0.05, 0) is 73.4 Å². The number of nitrogens with one attached hydrogen (secondary N) is 1. The first-order valence-corrected chi connectivity index (χ1v) is 12.9. The molecule has 5 nitrogen and oxygen atoms in total. The maximum Gasteiger partial charge on any atom is 0.252 e. The number of hydrogen-bond acceptors (Lipinski definition) is 3. The van der Waals surface area contributed by atoms with Gasteiger partial charge in [0.25, 0.3) is 5.56 Å². The van der Waals surface area contributed by atoms with E-state index in [2.05, 4.69) is 27.0 Å². The predicted molar refractivity (Wildman–Crippen MR) is 136 cm³/mol. The zero-order valence-corrected chi connectivity index (χ0v) is 20.9. The second-order valence-corrected chi connectivity index (χ2v) is 11.0. The van der Waals surface area contributed by atoms with E-state index in [0.29, 0.717) is 12.0 Å². The van der Waals surface area contributed by atoms with E-state index in [9.17, 15) is 13.2 Å². The molecule has 33 heavy (non-hydrogen) atoms. The molecule has 7 heteroatoms. The van der Waals surface area contributed by atoms with E-state index in [1.807, 2.05) is 56.3 Å². The summed E-state index contributed by atoms with van der Waals surface area (Å²) in [6.45, 7) is 4.22. The van der Waals surface area contributed by atoms with Crippen LogP contribution < -0.4 is 5.56 Å². The standard InChI is InChI=1S/C26H25BrN2O3S/c1-18-14-19(2)24-16-21(26(30)28-25(24)15-18)17-29(13-12-20-6-4-3-5-7-20)33(31,32)23-10-8-22(27)9-11-23/h3-11,14-16H,12-13,17H2,1-2H3,(H,28,30). The van der Waals surface area contributed by atoms with Crippen molar-refractivity contribution in [2.24, 2.45) is 0 Å². The van der Waals surface area contributed by atoms with E-state index in [4.69, 9.17) is 0 Å². The van der Waals surface area contributed by atoms with Crippen molar-refractivity contribution in [3.8, 4) is 0 Å². The van der Waals surface area contributed by atoms with Gasteiger partial charge in [-0.1, -0.05) is 52.3 Å². The van der Waals surface area contributed by atoms with Gasteiger partial charge in [0.05, 0.1) is 4.90 Å². The van der Waals surface area contributed by atoms with Crippen molar-refractivity contribution >= 4 is 36.9 Å². The normalized spacial score (nSPS) is 11.9. The molecule has 0 radical (unpaired) electrons. The fourth-order valence-corrected chi connectivity index (χ4v) is 5.65. The first-order valence-electron chi connectivity index (χ1n) is 10.7. The van der Waals surface area contributed by atoms with Gasteiger partial charge in [0.1, 0.15) is 0 Å². The van der Waals surface area contributed by atoms with Crippen LogP contribution in [0.3, 0.4) is 0 Å². The zero-order valence-electron chi connectivity index (χ0n) is 18.5. The quantitative estimate of drug-likeness (QED) is 0.354. The number of rotatable bonds is 7. The molecule has 0 bridgehead atoms. The summed E-state index contributed by atoms with van der Waals surface area (Å²) in [5.74, 6) is 0. The van der Waals surface area contributed by atoms with Crippen LogP contribution in [-0.4, -0.2) is 24.3 Å². The number of H-pyrrole nitrogens is 1. The van der Waals surface area contributed by atoms with Crippen LogP contribution >= 0.6 is 15.9 Å². The molecule has 0 aliphatic heterocycles. The Kier molecular flexibility index (Phi) is 6.83. The molecule has 1 aromatic heterocycles. The van der Waals surface area contributed by atoms with Crippen LogP contribution in [0.2, 0.25) is 0 Å². The van der Waals surface area contributed by atoms with Crippen LogP contribution in [0.4, 0.5) is 0 Å². The highest BCUT2D eigenvalue weighted by Gasteiger charge is 2.25. The number of hydrogen-bond donors (Lipinski definition) is 1. The van der Waals surface area contributed by atoms with Crippen LogP contribution in [0.5, 0.6) is 0 Å². The maximum absolute atomic E-state index is 13.6. The molecule has 4 aromatic rings. The third-order valence-electron chi connectivity index (χ3n) is 5.68. The van der Waals surface area contributed by atoms with E-state index in [-0.39, 0.29) is 23.5 Å². The van der Waals surface area contributed by atoms with E-state index in [0.717, 1.165) is 32.1 Å². The molecule has 0 atom stereocenters. The summed E-state index contributed by atoms with van der Waals surface area (Å²) in [6.07, 6.45) is 0.542. The smallest absolute Gasteiger partial charge is 0.252 e. The summed E-state index contributed by atoms with van der Waals surface area (Å²) in [6, 6.07) is 22.1. The summed E-state index contributed by atoms with van der Waals surface area (Å²) in [5.41, 5.74) is 4.03. The summed E-state index contributed by atoms with van der Waals surface area (Å²) >= 11 is 3.35. The lowest BCUT2D eigenvalue weighted by molar-refractivity contribution is 0.408. The van der Waals surface area contributed by atoms with Gasteiger partial charge in [-0.3, -0.25) is 4.79 Å². The molecule has 170 valence electrons. The first-order chi connectivity index (χ1) is 15.7. The Bertz CT molecular complexity index is 1450. The Morgan fingerprint density at radius 3 is 2.33 bits per heavy atom. The summed E-state index contributed by atoms with van der Waals surface area (Å²) in [7, 11) is -3.81. The predicted octanol–water partition coefficient (Wildman–Crippen LogP) is 5.34. The summed E-state index contributed by atoms with van der Waals surface area (Å²) < 4.78 is 29.3. The van der Waals surface area contributed by atoms with Crippen LogP contribution in [0.15, 0.2) is 87.0 Å². The van der Waals surface area contributed by atoms with Gasteiger partial charge >= 0.3 is 0 Å². The van der Waals surface area contributed by atoms with Crippen molar-refractivity contribution < 1.29 is 8.42 Å². The highest BCUT2D eigenvalue weighted by atomic mass is 79.9. The average Bonchev–Trinajstić information content (AvgIpc) is 2.78. The summed E-state index contributed by atoms with van der Waals surface area (Å²) in [4.78, 5) is 16.0. The average molecular weight is 525 g/mol. The minimum atomic E-state index is -3.81. The Labute approximate surface area is 202 Å². The molecule has 0 fully saturated rings. The van der Waals surface area contributed by atoms with Crippen molar-refractivity contribution in [3.05, 3.63) is 110 Å². The number of aryl methyl sites for hydroxylation is 2. The lowest BCUT2D eigenvalue weighted by Gasteiger charge is -2.22. The second kappa shape index (κ2) is 9.63. The fourth-order valence-electron chi connectivity index (χ4n) is 3.96. The van der Waals surface area contributed by atoms with E-state index < -0.39 is 10.0 Å². The minimum absolute atomic E-state index is 0.0101. The molecule has 0 spiro atoms. The van der Waals surface area contributed by atoms with Crippen molar-refractivity contribution in [3.63, 3.8) is 0 Å². The number of fused-ring (bicyclic) bond motifs is 1. The number of pyridine rings is 1. The van der Waals surface area contributed by atoms with Crippen LogP contribution in [0.1, 0.15) is 22.3 Å². The largest absolute Gasteiger partial charge is 0.322 e. The van der Waals surface area contributed by atoms with Gasteiger partial charge in [0.2, 0.25) is 10.0 Å². The molecule has 0 aliphatic rings. The lowest BCUT2D eigenvalue weighted by atomic mass is 10.0. The lowest BCUT2D eigenvalue weighted by Crippen LogP contribution is -2.34. The molecule has 0 aliphatic carbocycles. The van der Waals surface area contributed by atoms with Crippen LogP contribution in [-0.2, 0) is 23.0 Å². The van der Waals surface area contributed by atoms with Gasteiger partial charge < -0.3 is 4.98 Å². The number of halogens is 1. The van der Waals surface area contributed by atoms with Crippen LogP contribution in [0.25, 0.3) is 10.9 Å². The summed E-state index contributed by atoms with van der Waals surface area (Å²) in [5, 5.41) is 0.916. The number of aromatic amines is 1. The molecular formula is C26H25BrN2O3S. The second-order valence-electron chi connectivity index (χ2n) is 8.19. The van der Waals surface area contributed by atoms with Gasteiger partial charge in [-0.15, -0.1) is 0 Å². The molecule has 0 saturated carbocycles. The van der Waals surface area contributed by atoms with Crippen LogP contribution in [0, 0.1) is 13.8 Å². The molecule has 3 aromatic carbocycles. The molecule has 1 N–H and O–H groups in total. The van der Waals surface area contributed by atoms with Gasteiger partial charge in [-0.2, -0.15) is 4.31 Å². The molecule has 1 heterocycles. The number of sulfonamides is 1. The molecule has 0 saturated heterocycles. The number of nitrogens with zero attached hydrogens (tertiary/aromatic N) is 1. The number of aromatic nitrogens is 1. The van der Waals surface area contributed by atoms with Crippen molar-refractivity contribution in [1.29, 1.82) is 0 Å². The van der Waals surface area contributed by atoms with Gasteiger partial charge in [0, 0.05) is 34.0 Å². The fraction of sp³-hybridized carbons (Fsp3) is 0.192.